The highest BCUT2D eigenvalue weighted by Gasteiger charge is 2.53. The SMILES string of the molecule is C=C(C)C(=O)OC1CC(C)C2(OC)CCC(C)(C=C3OC(=O)C(COC(C)=O)=C31)O2. The van der Waals surface area contributed by atoms with E-state index in [0.717, 1.165) is 0 Å². The quantitative estimate of drug-likeness (QED) is 0.380. The second kappa shape index (κ2) is 8.00. The Balaban J connectivity index is 2.13. The number of carbonyl (C=O) groups is 3. The van der Waals surface area contributed by atoms with Gasteiger partial charge in [-0.05, 0) is 32.8 Å². The molecule has 3 aliphatic rings. The van der Waals surface area contributed by atoms with E-state index in [0.29, 0.717) is 24.8 Å². The first-order chi connectivity index (χ1) is 14.0. The van der Waals surface area contributed by atoms with E-state index in [1.54, 1.807) is 20.1 Å². The third kappa shape index (κ3) is 4.06. The van der Waals surface area contributed by atoms with Crippen LogP contribution in [-0.4, -0.2) is 49.1 Å². The van der Waals surface area contributed by atoms with Gasteiger partial charge in [0.25, 0.3) is 0 Å². The summed E-state index contributed by atoms with van der Waals surface area (Å²) in [6.07, 6.45) is 2.51. The van der Waals surface area contributed by atoms with E-state index in [2.05, 4.69) is 6.58 Å². The van der Waals surface area contributed by atoms with Gasteiger partial charge in [-0.25, -0.2) is 9.59 Å². The molecule has 0 saturated carbocycles. The predicted octanol–water partition coefficient (Wildman–Crippen LogP) is 2.73. The molecule has 8 nitrogen and oxygen atoms in total. The van der Waals surface area contributed by atoms with E-state index in [1.165, 1.54) is 6.92 Å². The summed E-state index contributed by atoms with van der Waals surface area (Å²) in [6, 6.07) is 0. The maximum absolute atomic E-state index is 12.6. The van der Waals surface area contributed by atoms with Gasteiger partial charge in [-0.3, -0.25) is 4.79 Å². The molecule has 0 aromatic rings. The van der Waals surface area contributed by atoms with Gasteiger partial charge in [0.05, 0.1) is 11.2 Å². The molecule has 3 heterocycles. The van der Waals surface area contributed by atoms with Crippen molar-refractivity contribution in [1.29, 1.82) is 0 Å². The summed E-state index contributed by atoms with van der Waals surface area (Å²) in [7, 11) is 1.59. The van der Waals surface area contributed by atoms with Crippen molar-refractivity contribution in [3.05, 3.63) is 35.1 Å². The highest BCUT2D eigenvalue weighted by Crippen LogP contribution is 2.49. The summed E-state index contributed by atoms with van der Waals surface area (Å²) < 4.78 is 28.4. The number of hydrogen-bond acceptors (Lipinski definition) is 8. The lowest BCUT2D eigenvalue weighted by molar-refractivity contribution is -0.255. The number of hydrogen-bond donors (Lipinski definition) is 0. The van der Waals surface area contributed by atoms with Gasteiger partial charge in [0, 0.05) is 37.5 Å². The Morgan fingerprint density at radius 3 is 2.60 bits per heavy atom. The molecule has 1 saturated heterocycles. The Hall–Kier alpha value is -2.45. The minimum Gasteiger partial charge on any atom is -0.461 e. The molecule has 0 radical (unpaired) electrons. The number of ether oxygens (including phenoxy) is 5. The van der Waals surface area contributed by atoms with Crippen molar-refractivity contribution in [1.82, 2.24) is 0 Å². The van der Waals surface area contributed by atoms with Crippen LogP contribution in [0.5, 0.6) is 0 Å². The van der Waals surface area contributed by atoms with Crippen LogP contribution >= 0.6 is 0 Å². The Bertz CT molecular complexity index is 853. The zero-order valence-corrected chi connectivity index (χ0v) is 18.0. The van der Waals surface area contributed by atoms with Crippen molar-refractivity contribution in [2.45, 2.75) is 64.4 Å². The standard InChI is InChI=1S/C22H28O8/c1-12(2)19(24)28-16-9-13(3)22(26-6)8-7-21(5,30-22)10-17-18(16)15(20(25)29-17)11-27-14(4)23/h10,13,16H,1,7-9,11H2,2-6H3. The van der Waals surface area contributed by atoms with E-state index in [1.807, 2.05) is 13.8 Å². The number of carbonyl (C=O) groups excluding carboxylic acids is 3. The van der Waals surface area contributed by atoms with Crippen LogP contribution in [0.15, 0.2) is 35.1 Å². The first-order valence-corrected chi connectivity index (χ1v) is 9.94. The van der Waals surface area contributed by atoms with Crippen molar-refractivity contribution in [3.8, 4) is 0 Å². The molecule has 3 aliphatic heterocycles. The maximum atomic E-state index is 12.6. The molecule has 0 aromatic heterocycles. The number of rotatable bonds is 5. The van der Waals surface area contributed by atoms with E-state index >= 15 is 0 Å². The van der Waals surface area contributed by atoms with Crippen LogP contribution in [0.4, 0.5) is 0 Å². The molecular weight excluding hydrogens is 392 g/mol. The first-order valence-electron chi connectivity index (χ1n) is 9.94. The van der Waals surface area contributed by atoms with Gasteiger partial charge < -0.3 is 23.7 Å². The smallest absolute Gasteiger partial charge is 0.343 e. The molecule has 4 unspecified atom stereocenters. The molecule has 2 bridgehead atoms. The highest BCUT2D eigenvalue weighted by atomic mass is 16.7. The summed E-state index contributed by atoms with van der Waals surface area (Å²) >= 11 is 0. The zero-order valence-electron chi connectivity index (χ0n) is 18.0. The average molecular weight is 420 g/mol. The molecule has 0 spiro atoms. The van der Waals surface area contributed by atoms with Crippen LogP contribution in [0.2, 0.25) is 0 Å². The van der Waals surface area contributed by atoms with E-state index < -0.39 is 35.4 Å². The Morgan fingerprint density at radius 2 is 2.00 bits per heavy atom. The summed E-state index contributed by atoms with van der Waals surface area (Å²) in [5, 5.41) is 0. The fraction of sp³-hybridized carbons (Fsp3) is 0.591. The summed E-state index contributed by atoms with van der Waals surface area (Å²) in [5.41, 5.74) is 0.0314. The zero-order chi connectivity index (χ0) is 22.3. The number of methoxy groups -OCH3 is 1. The molecule has 0 aromatic carbocycles. The third-order valence-corrected chi connectivity index (χ3v) is 5.86. The lowest BCUT2D eigenvalue weighted by Gasteiger charge is -2.36. The second-order valence-electron chi connectivity index (χ2n) is 8.31. The maximum Gasteiger partial charge on any atom is 0.343 e. The molecule has 1 fully saturated rings. The van der Waals surface area contributed by atoms with Gasteiger partial charge in [-0.2, -0.15) is 0 Å². The third-order valence-electron chi connectivity index (χ3n) is 5.86. The average Bonchev–Trinajstić information content (AvgIpc) is 3.16. The van der Waals surface area contributed by atoms with Gasteiger partial charge in [0.15, 0.2) is 5.79 Å². The minimum absolute atomic E-state index is 0.149. The fourth-order valence-electron chi connectivity index (χ4n) is 4.19. The monoisotopic (exact) mass is 420 g/mol. The van der Waals surface area contributed by atoms with Crippen molar-refractivity contribution >= 4 is 17.9 Å². The highest BCUT2D eigenvalue weighted by molar-refractivity contribution is 5.96. The van der Waals surface area contributed by atoms with Crippen LogP contribution in [0.25, 0.3) is 0 Å². The number of esters is 3. The van der Waals surface area contributed by atoms with Gasteiger partial charge in [0.2, 0.25) is 0 Å². The topological polar surface area (TPSA) is 97.4 Å². The van der Waals surface area contributed by atoms with Crippen molar-refractivity contribution in [3.63, 3.8) is 0 Å². The summed E-state index contributed by atoms with van der Waals surface area (Å²) in [5.74, 6) is -2.55. The van der Waals surface area contributed by atoms with Gasteiger partial charge in [0.1, 0.15) is 18.5 Å². The van der Waals surface area contributed by atoms with Crippen molar-refractivity contribution in [2.24, 2.45) is 5.92 Å². The minimum atomic E-state index is -0.862. The summed E-state index contributed by atoms with van der Waals surface area (Å²) in [6.45, 7) is 10.0. The molecule has 4 atom stereocenters. The van der Waals surface area contributed by atoms with Gasteiger partial charge >= 0.3 is 17.9 Å². The molecule has 8 heteroatoms. The second-order valence-corrected chi connectivity index (χ2v) is 8.31. The largest absolute Gasteiger partial charge is 0.461 e. The Kier molecular flexibility index (Phi) is 5.93. The lowest BCUT2D eigenvalue weighted by atomic mass is 9.85. The van der Waals surface area contributed by atoms with E-state index in [9.17, 15) is 14.4 Å². The van der Waals surface area contributed by atoms with Gasteiger partial charge in [-0.15, -0.1) is 0 Å². The Morgan fingerprint density at radius 1 is 1.30 bits per heavy atom. The van der Waals surface area contributed by atoms with Crippen LogP contribution in [0.1, 0.15) is 47.0 Å². The number of fused-ring (bicyclic) bond motifs is 3. The van der Waals surface area contributed by atoms with Crippen LogP contribution in [-0.2, 0) is 38.1 Å². The molecule has 164 valence electrons. The fourth-order valence-corrected chi connectivity index (χ4v) is 4.19. The van der Waals surface area contributed by atoms with Gasteiger partial charge in [-0.1, -0.05) is 13.5 Å². The predicted molar refractivity (Wildman–Crippen MR) is 105 cm³/mol. The lowest BCUT2D eigenvalue weighted by Crippen LogP contribution is -2.42. The normalized spacial score (nSPS) is 33.0. The van der Waals surface area contributed by atoms with Crippen molar-refractivity contribution < 1.29 is 38.1 Å². The molecule has 3 rings (SSSR count). The van der Waals surface area contributed by atoms with Crippen LogP contribution in [0, 0.1) is 5.92 Å². The molecule has 30 heavy (non-hydrogen) atoms. The molecule has 0 aliphatic carbocycles. The van der Waals surface area contributed by atoms with E-state index in [-0.39, 0.29) is 29.4 Å². The van der Waals surface area contributed by atoms with Crippen LogP contribution in [0.3, 0.4) is 0 Å². The van der Waals surface area contributed by atoms with Crippen LogP contribution < -0.4 is 0 Å². The van der Waals surface area contributed by atoms with E-state index in [4.69, 9.17) is 23.7 Å². The molecular formula is C22H28O8. The Labute approximate surface area is 175 Å². The summed E-state index contributed by atoms with van der Waals surface area (Å²) in [4.78, 5) is 36.3. The molecule has 0 amide bonds. The first kappa shape index (κ1) is 22.2. The molecule has 0 N–H and O–H groups in total. The van der Waals surface area contributed by atoms with Crippen molar-refractivity contribution in [2.75, 3.05) is 13.7 Å².